The predicted molar refractivity (Wildman–Crippen MR) is 61.8 cm³/mol. The first-order chi connectivity index (χ1) is 8.61. The number of rotatable bonds is 7. The summed E-state index contributed by atoms with van der Waals surface area (Å²) in [6, 6.07) is 6.74. The highest BCUT2D eigenvalue weighted by atomic mass is 16.7. The third kappa shape index (κ3) is 5.17. The van der Waals surface area contributed by atoms with E-state index in [1.807, 2.05) is 5.48 Å². The van der Waals surface area contributed by atoms with Crippen LogP contribution >= 0.6 is 0 Å². The number of nitrogens with two attached hydrogens (primary N) is 1. The Hall–Kier alpha value is -2.28. The lowest BCUT2D eigenvalue weighted by atomic mass is 10.3. The van der Waals surface area contributed by atoms with Crippen molar-refractivity contribution in [2.24, 2.45) is 5.73 Å². The normalized spacial score (nSPS) is 9.61. The van der Waals surface area contributed by atoms with Crippen molar-refractivity contribution in [2.45, 2.75) is 0 Å². The molecule has 0 fully saturated rings. The second-order valence-corrected chi connectivity index (χ2v) is 3.24. The lowest BCUT2D eigenvalue weighted by molar-refractivity contribution is -0.139. The summed E-state index contributed by atoms with van der Waals surface area (Å²) < 4.78 is 10.1. The fourth-order valence-electron chi connectivity index (χ4n) is 1.04. The van der Waals surface area contributed by atoms with Gasteiger partial charge in [0, 0.05) is 0 Å². The first-order valence-electron chi connectivity index (χ1n) is 5.07. The summed E-state index contributed by atoms with van der Waals surface area (Å²) in [5.74, 6) is 0.0101. The van der Waals surface area contributed by atoms with Gasteiger partial charge in [0.05, 0.1) is 7.11 Å². The SMILES string of the molecule is COc1ccc(OCC(=O)NOCC(N)=O)cc1. The van der Waals surface area contributed by atoms with Crippen LogP contribution in [-0.4, -0.2) is 32.1 Å². The van der Waals surface area contributed by atoms with Gasteiger partial charge in [-0.15, -0.1) is 0 Å². The van der Waals surface area contributed by atoms with Crippen molar-refractivity contribution in [1.29, 1.82) is 0 Å². The number of benzene rings is 1. The number of amides is 2. The third-order valence-corrected chi connectivity index (χ3v) is 1.83. The Kier molecular flexibility index (Phi) is 5.46. The molecule has 1 rings (SSSR count). The smallest absolute Gasteiger partial charge is 0.281 e. The Morgan fingerprint density at radius 2 is 1.78 bits per heavy atom. The molecule has 18 heavy (non-hydrogen) atoms. The zero-order valence-corrected chi connectivity index (χ0v) is 9.84. The van der Waals surface area contributed by atoms with Crippen LogP contribution in [-0.2, 0) is 14.4 Å². The van der Waals surface area contributed by atoms with Gasteiger partial charge >= 0.3 is 0 Å². The quantitative estimate of drug-likeness (QED) is 0.645. The molecule has 98 valence electrons. The molecule has 7 nitrogen and oxygen atoms in total. The highest BCUT2D eigenvalue weighted by Crippen LogP contribution is 2.16. The maximum atomic E-state index is 11.2. The van der Waals surface area contributed by atoms with Crippen molar-refractivity contribution >= 4 is 11.8 Å². The van der Waals surface area contributed by atoms with Crippen LogP contribution in [0.4, 0.5) is 0 Å². The second-order valence-electron chi connectivity index (χ2n) is 3.24. The van der Waals surface area contributed by atoms with E-state index in [-0.39, 0.29) is 13.2 Å². The third-order valence-electron chi connectivity index (χ3n) is 1.83. The molecule has 0 aliphatic carbocycles. The molecule has 0 heterocycles. The summed E-state index contributed by atoms with van der Waals surface area (Å²) in [5, 5.41) is 0. The Labute approximate surface area is 104 Å². The second kappa shape index (κ2) is 7.13. The van der Waals surface area contributed by atoms with Gasteiger partial charge in [0.2, 0.25) is 5.91 Å². The Bertz CT molecular complexity index is 404. The van der Waals surface area contributed by atoms with E-state index in [4.69, 9.17) is 15.2 Å². The molecule has 0 spiro atoms. The van der Waals surface area contributed by atoms with E-state index in [0.29, 0.717) is 11.5 Å². The predicted octanol–water partition coefficient (Wildman–Crippen LogP) is -0.393. The number of ether oxygens (including phenoxy) is 2. The zero-order chi connectivity index (χ0) is 13.4. The summed E-state index contributed by atoms with van der Waals surface area (Å²) in [6.45, 7) is -0.612. The van der Waals surface area contributed by atoms with Gasteiger partial charge in [-0.25, -0.2) is 5.48 Å². The van der Waals surface area contributed by atoms with Crippen molar-refractivity contribution in [3.8, 4) is 11.5 Å². The molecule has 0 atom stereocenters. The number of primary amides is 1. The lowest BCUT2D eigenvalue weighted by Gasteiger charge is -2.07. The molecule has 0 aliphatic heterocycles. The maximum absolute atomic E-state index is 11.2. The summed E-state index contributed by atoms with van der Waals surface area (Å²) in [5.41, 5.74) is 6.83. The van der Waals surface area contributed by atoms with Crippen molar-refractivity contribution < 1.29 is 23.9 Å². The summed E-state index contributed by atoms with van der Waals surface area (Å²) in [7, 11) is 1.55. The molecule has 7 heteroatoms. The van der Waals surface area contributed by atoms with Crippen LogP contribution < -0.4 is 20.7 Å². The molecular weight excluding hydrogens is 240 g/mol. The van der Waals surface area contributed by atoms with Crippen LogP contribution in [0.25, 0.3) is 0 Å². The molecule has 0 bridgehead atoms. The van der Waals surface area contributed by atoms with E-state index < -0.39 is 11.8 Å². The number of carbonyl (C=O) groups is 2. The number of hydrogen-bond donors (Lipinski definition) is 2. The van der Waals surface area contributed by atoms with Gasteiger partial charge in [-0.3, -0.25) is 14.4 Å². The fourth-order valence-corrected chi connectivity index (χ4v) is 1.04. The minimum absolute atomic E-state index is 0.231. The van der Waals surface area contributed by atoms with Crippen molar-refractivity contribution in [2.75, 3.05) is 20.3 Å². The highest BCUT2D eigenvalue weighted by Gasteiger charge is 2.03. The van der Waals surface area contributed by atoms with Gasteiger partial charge in [0.15, 0.2) is 13.2 Å². The molecule has 0 aliphatic rings. The van der Waals surface area contributed by atoms with E-state index in [1.54, 1.807) is 31.4 Å². The molecule has 1 aromatic rings. The molecule has 2 amide bonds. The van der Waals surface area contributed by atoms with E-state index in [2.05, 4.69) is 4.84 Å². The van der Waals surface area contributed by atoms with Crippen LogP contribution in [0, 0.1) is 0 Å². The Morgan fingerprint density at radius 1 is 1.17 bits per heavy atom. The average molecular weight is 254 g/mol. The molecule has 1 aromatic carbocycles. The molecule has 0 radical (unpaired) electrons. The van der Waals surface area contributed by atoms with Gasteiger partial charge in [-0.05, 0) is 24.3 Å². The van der Waals surface area contributed by atoms with Crippen LogP contribution in [0.3, 0.4) is 0 Å². The minimum Gasteiger partial charge on any atom is -0.497 e. The monoisotopic (exact) mass is 254 g/mol. The number of methoxy groups -OCH3 is 1. The molecule has 3 N–H and O–H groups in total. The maximum Gasteiger partial charge on any atom is 0.281 e. The minimum atomic E-state index is -0.675. The first kappa shape index (κ1) is 13.8. The number of carbonyl (C=O) groups excluding carboxylic acids is 2. The van der Waals surface area contributed by atoms with Crippen LogP contribution in [0.2, 0.25) is 0 Å². The van der Waals surface area contributed by atoms with Crippen molar-refractivity contribution in [1.82, 2.24) is 5.48 Å². The average Bonchev–Trinajstić information content (AvgIpc) is 2.36. The Morgan fingerprint density at radius 3 is 2.33 bits per heavy atom. The van der Waals surface area contributed by atoms with Gasteiger partial charge in [-0.2, -0.15) is 0 Å². The van der Waals surface area contributed by atoms with Crippen LogP contribution in [0.5, 0.6) is 11.5 Å². The Balaban J connectivity index is 2.26. The topological polar surface area (TPSA) is 99.9 Å². The van der Waals surface area contributed by atoms with Gasteiger partial charge in [-0.1, -0.05) is 0 Å². The summed E-state index contributed by atoms with van der Waals surface area (Å²) in [4.78, 5) is 26.0. The van der Waals surface area contributed by atoms with Crippen molar-refractivity contribution in [3.05, 3.63) is 24.3 Å². The standard InChI is InChI=1S/C11H14N2O5/c1-16-8-2-4-9(5-3-8)17-7-11(15)13-18-6-10(12)14/h2-5H,6-7H2,1H3,(H2,12,14)(H,13,15). The summed E-state index contributed by atoms with van der Waals surface area (Å²) >= 11 is 0. The molecule has 0 unspecified atom stereocenters. The number of hydroxylamine groups is 1. The van der Waals surface area contributed by atoms with Gasteiger partial charge < -0.3 is 15.2 Å². The molecule has 0 saturated heterocycles. The number of hydrogen-bond acceptors (Lipinski definition) is 5. The molecule has 0 saturated carbocycles. The van der Waals surface area contributed by atoms with Crippen LogP contribution in [0.15, 0.2) is 24.3 Å². The molecule has 0 aromatic heterocycles. The van der Waals surface area contributed by atoms with Crippen LogP contribution in [0.1, 0.15) is 0 Å². The lowest BCUT2D eigenvalue weighted by Crippen LogP contribution is -2.32. The van der Waals surface area contributed by atoms with E-state index in [9.17, 15) is 9.59 Å². The first-order valence-corrected chi connectivity index (χ1v) is 5.07. The van der Waals surface area contributed by atoms with E-state index in [1.165, 1.54) is 0 Å². The van der Waals surface area contributed by atoms with E-state index in [0.717, 1.165) is 0 Å². The molecular formula is C11H14N2O5. The number of nitrogens with one attached hydrogen (secondary N) is 1. The summed E-state index contributed by atoms with van der Waals surface area (Å²) in [6.07, 6.45) is 0. The van der Waals surface area contributed by atoms with E-state index >= 15 is 0 Å². The zero-order valence-electron chi connectivity index (χ0n) is 9.84. The van der Waals surface area contributed by atoms with Gasteiger partial charge in [0.1, 0.15) is 11.5 Å². The largest absolute Gasteiger partial charge is 0.497 e. The van der Waals surface area contributed by atoms with Gasteiger partial charge in [0.25, 0.3) is 5.91 Å². The van der Waals surface area contributed by atoms with Crippen molar-refractivity contribution in [3.63, 3.8) is 0 Å². The fraction of sp³-hybridized carbons (Fsp3) is 0.273. The highest BCUT2D eigenvalue weighted by molar-refractivity contribution is 5.77.